The second-order valence-electron chi connectivity index (χ2n) is 12.3. The predicted octanol–water partition coefficient (Wildman–Crippen LogP) is 5.62. The number of alkyl halides is 2. The van der Waals surface area contributed by atoms with Crippen molar-refractivity contribution in [2.45, 2.75) is 77.7 Å². The lowest BCUT2D eigenvalue weighted by Gasteiger charge is -2.41. The summed E-state index contributed by atoms with van der Waals surface area (Å²) in [6.07, 6.45) is -1.78. The first kappa shape index (κ1) is 35.7. The fourth-order valence-corrected chi connectivity index (χ4v) is 4.93. The van der Waals surface area contributed by atoms with Gasteiger partial charge in [0.05, 0.1) is 6.04 Å². The van der Waals surface area contributed by atoms with Crippen LogP contribution in [0.3, 0.4) is 0 Å². The Labute approximate surface area is 267 Å². The van der Waals surface area contributed by atoms with E-state index < -0.39 is 59.6 Å². The Morgan fingerprint density at radius 3 is 1.87 bits per heavy atom. The van der Waals surface area contributed by atoms with E-state index in [9.17, 15) is 24.3 Å². The van der Waals surface area contributed by atoms with E-state index in [0.29, 0.717) is 23.5 Å². The molecule has 0 heterocycles. The molecule has 9 nitrogen and oxygen atoms in total. The highest BCUT2D eigenvalue weighted by Crippen LogP contribution is 2.25. The molecule has 3 N–H and O–H groups in total. The van der Waals surface area contributed by atoms with Gasteiger partial charge in [-0.1, -0.05) is 86.6 Å². The minimum atomic E-state index is -4.50. The minimum Gasteiger partial charge on any atom is -0.489 e. The molecule has 0 radical (unpaired) electrons. The van der Waals surface area contributed by atoms with E-state index in [4.69, 9.17) is 4.74 Å². The summed E-state index contributed by atoms with van der Waals surface area (Å²) >= 11 is 0. The third-order valence-electron chi connectivity index (χ3n) is 7.24. The highest BCUT2D eigenvalue weighted by atomic mass is 19.3. The first-order chi connectivity index (χ1) is 21.6. The normalized spacial score (nSPS) is 13.0. The van der Waals surface area contributed by atoms with Gasteiger partial charge in [0, 0.05) is 18.5 Å². The number of benzene rings is 3. The molecule has 246 valence electrons. The van der Waals surface area contributed by atoms with E-state index in [1.165, 1.54) is 0 Å². The zero-order chi connectivity index (χ0) is 34.1. The number of nitrogens with zero attached hydrogens (tertiary/aromatic N) is 1. The van der Waals surface area contributed by atoms with E-state index in [1.54, 1.807) is 89.2 Å². The number of ketones is 1. The smallest absolute Gasteiger partial charge is 0.408 e. The number of carbonyl (C=O) groups is 4. The lowest BCUT2D eigenvalue weighted by atomic mass is 9.93. The van der Waals surface area contributed by atoms with Crippen LogP contribution in [0.15, 0.2) is 84.9 Å². The van der Waals surface area contributed by atoms with Crippen molar-refractivity contribution in [2.75, 3.05) is 0 Å². The number of carbonyl (C=O) groups excluding carboxylic acids is 3. The molecule has 0 unspecified atom stereocenters. The highest BCUT2D eigenvalue weighted by molar-refractivity contribution is 6.10. The maximum atomic E-state index is 15.4. The van der Waals surface area contributed by atoms with Gasteiger partial charge in [0.15, 0.2) is 0 Å². The molecule has 3 amide bonds. The lowest BCUT2D eigenvalue weighted by Crippen LogP contribution is -2.62. The summed E-state index contributed by atoms with van der Waals surface area (Å²) in [5.41, 5.74) is 0.861. The molecule has 0 saturated heterocycles. The molecule has 0 fully saturated rings. The van der Waals surface area contributed by atoms with Gasteiger partial charge < -0.3 is 20.5 Å². The van der Waals surface area contributed by atoms with Crippen molar-refractivity contribution in [3.8, 4) is 5.75 Å². The van der Waals surface area contributed by atoms with Crippen molar-refractivity contribution >= 4 is 23.7 Å². The fourth-order valence-electron chi connectivity index (χ4n) is 4.93. The van der Waals surface area contributed by atoms with Gasteiger partial charge in [-0.2, -0.15) is 8.78 Å². The number of Topliss-reactive ketones (excluding diaryl/α,β-unsaturated/α-hetero) is 1. The largest absolute Gasteiger partial charge is 0.489 e. The summed E-state index contributed by atoms with van der Waals surface area (Å²) in [4.78, 5) is 52.8. The molecule has 2 atom stereocenters. The monoisotopic (exact) mass is 637 g/mol. The van der Waals surface area contributed by atoms with Crippen LogP contribution < -0.4 is 15.4 Å². The van der Waals surface area contributed by atoms with E-state index in [2.05, 4.69) is 10.6 Å². The van der Waals surface area contributed by atoms with Crippen LogP contribution in [0.1, 0.15) is 51.3 Å². The molecule has 0 saturated carbocycles. The number of hydrogen-bond donors (Lipinski definition) is 3. The topological polar surface area (TPSA) is 125 Å². The Balaban J connectivity index is 1.87. The third-order valence-corrected chi connectivity index (χ3v) is 7.24. The summed E-state index contributed by atoms with van der Waals surface area (Å²) in [7, 11) is 0. The summed E-state index contributed by atoms with van der Waals surface area (Å²) in [6, 6.07) is 21.0. The first-order valence-corrected chi connectivity index (χ1v) is 14.9. The Hall–Kier alpha value is -4.80. The maximum absolute atomic E-state index is 15.4. The molecule has 3 aromatic rings. The molecule has 0 aromatic heterocycles. The van der Waals surface area contributed by atoms with Crippen molar-refractivity contribution in [2.24, 2.45) is 5.92 Å². The molecule has 46 heavy (non-hydrogen) atoms. The Bertz CT molecular complexity index is 1480. The third kappa shape index (κ3) is 9.60. The Morgan fingerprint density at radius 1 is 0.826 bits per heavy atom. The van der Waals surface area contributed by atoms with Crippen molar-refractivity contribution in [3.63, 3.8) is 0 Å². The molecular weight excluding hydrogens is 596 g/mol. The summed E-state index contributed by atoms with van der Waals surface area (Å²) in [6.45, 7) is 8.08. The number of carboxylic acid groups (broad SMARTS) is 1. The SMILES string of the molecule is CC(C)[C@@H](C(=O)N[C@@H](Cc1ccc(OCc2ccccc2)cc1)C(=O)C(F)(F)C(=O)NCc1ccccc1)N(C(=O)O)C(C)(C)C. The molecule has 0 aliphatic heterocycles. The van der Waals surface area contributed by atoms with Crippen LogP contribution in [0, 0.1) is 5.92 Å². The van der Waals surface area contributed by atoms with E-state index in [-0.39, 0.29) is 6.54 Å². The van der Waals surface area contributed by atoms with Gasteiger partial charge in [-0.15, -0.1) is 0 Å². The molecule has 0 aliphatic carbocycles. The van der Waals surface area contributed by atoms with Gasteiger partial charge >= 0.3 is 12.0 Å². The van der Waals surface area contributed by atoms with Crippen LogP contribution in [0.4, 0.5) is 13.6 Å². The minimum absolute atomic E-state index is 0.238. The van der Waals surface area contributed by atoms with Crippen molar-refractivity contribution in [1.29, 1.82) is 0 Å². The van der Waals surface area contributed by atoms with E-state index >= 15 is 8.78 Å². The van der Waals surface area contributed by atoms with Gasteiger partial charge in [-0.25, -0.2) is 4.79 Å². The van der Waals surface area contributed by atoms with E-state index in [0.717, 1.165) is 10.5 Å². The fraction of sp³-hybridized carbons (Fsp3) is 0.371. The standard InChI is InChI=1S/C35H41F2N3O6/c1-23(2)29(40(33(44)45)34(3,4)5)31(42)39-28(30(41)35(36,37)32(43)38-21-25-12-8-6-9-13-25)20-24-16-18-27(19-17-24)46-22-26-14-10-7-11-15-26/h6-19,23,28-29H,20-22H2,1-5H3,(H,38,43)(H,39,42)(H,44,45)/t28-,29-/m0/s1. The van der Waals surface area contributed by atoms with E-state index in [1.807, 2.05) is 30.3 Å². The Morgan fingerprint density at radius 2 is 1.37 bits per heavy atom. The summed E-state index contributed by atoms with van der Waals surface area (Å²) in [5, 5.41) is 14.4. The number of ether oxygens (including phenoxy) is 1. The molecule has 3 aromatic carbocycles. The Kier molecular flexibility index (Phi) is 12.0. The van der Waals surface area contributed by atoms with Gasteiger partial charge in [0.1, 0.15) is 18.4 Å². The first-order valence-electron chi connectivity index (χ1n) is 14.9. The number of amides is 3. The molecule has 3 rings (SSSR count). The molecule has 0 bridgehead atoms. The lowest BCUT2D eigenvalue weighted by molar-refractivity contribution is -0.160. The quantitative estimate of drug-likeness (QED) is 0.197. The van der Waals surface area contributed by atoms with Crippen molar-refractivity contribution in [3.05, 3.63) is 102 Å². The van der Waals surface area contributed by atoms with Gasteiger partial charge in [-0.05, 0) is 55.5 Å². The number of nitrogens with one attached hydrogen (secondary N) is 2. The highest BCUT2D eigenvalue weighted by Gasteiger charge is 2.51. The van der Waals surface area contributed by atoms with Gasteiger partial charge in [0.2, 0.25) is 11.7 Å². The van der Waals surface area contributed by atoms with Crippen LogP contribution >= 0.6 is 0 Å². The van der Waals surface area contributed by atoms with Crippen LogP contribution in [-0.2, 0) is 34.0 Å². The average Bonchev–Trinajstić information content (AvgIpc) is 3.01. The summed E-state index contributed by atoms with van der Waals surface area (Å²) < 4.78 is 36.7. The second kappa shape index (κ2) is 15.5. The molecule has 0 aliphatic rings. The zero-order valence-electron chi connectivity index (χ0n) is 26.6. The average molecular weight is 638 g/mol. The zero-order valence-corrected chi connectivity index (χ0v) is 26.6. The molecule has 11 heteroatoms. The van der Waals surface area contributed by atoms with Crippen LogP contribution in [-0.4, -0.2) is 57.2 Å². The van der Waals surface area contributed by atoms with Crippen molar-refractivity contribution in [1.82, 2.24) is 15.5 Å². The second-order valence-corrected chi connectivity index (χ2v) is 12.3. The van der Waals surface area contributed by atoms with Gasteiger partial charge in [0.25, 0.3) is 5.91 Å². The molecule has 0 spiro atoms. The van der Waals surface area contributed by atoms with Crippen LogP contribution in [0.25, 0.3) is 0 Å². The van der Waals surface area contributed by atoms with Gasteiger partial charge in [-0.3, -0.25) is 19.3 Å². The molecular formula is C35H41F2N3O6. The number of halogens is 2. The van der Waals surface area contributed by atoms with Crippen molar-refractivity contribution < 1.29 is 37.8 Å². The van der Waals surface area contributed by atoms with Crippen LogP contribution in [0.2, 0.25) is 0 Å². The maximum Gasteiger partial charge on any atom is 0.408 e. The van der Waals surface area contributed by atoms with Crippen LogP contribution in [0.5, 0.6) is 5.75 Å². The summed E-state index contributed by atoms with van der Waals surface area (Å²) in [5.74, 6) is -9.17. The number of rotatable bonds is 14. The predicted molar refractivity (Wildman–Crippen MR) is 169 cm³/mol. The number of hydrogen-bond acceptors (Lipinski definition) is 5.